The molecule has 2 saturated heterocycles. The lowest BCUT2D eigenvalue weighted by Crippen LogP contribution is -2.39. The summed E-state index contributed by atoms with van der Waals surface area (Å²) < 4.78 is 5.86. The molecule has 0 aromatic heterocycles. The summed E-state index contributed by atoms with van der Waals surface area (Å²) in [6.07, 6.45) is 4.49. The van der Waals surface area contributed by atoms with Crippen molar-refractivity contribution in [3.05, 3.63) is 35.4 Å². The molecule has 4 unspecified atom stereocenters. The maximum absolute atomic E-state index is 9.17. The first kappa shape index (κ1) is 12.2. The largest absolute Gasteiger partial charge is 0.392 e. The third kappa shape index (κ3) is 2.30. The van der Waals surface area contributed by atoms with Crippen LogP contribution in [0.3, 0.4) is 0 Å². The molecule has 2 heterocycles. The van der Waals surface area contributed by atoms with Gasteiger partial charge in [0.1, 0.15) is 0 Å². The second-order valence-corrected chi connectivity index (χ2v) is 5.51. The predicted molar refractivity (Wildman–Crippen MR) is 70.2 cm³/mol. The molecular formula is C15H21NO2. The van der Waals surface area contributed by atoms with Gasteiger partial charge in [-0.2, -0.15) is 0 Å². The number of ether oxygens (including phenoxy) is 1. The maximum Gasteiger partial charge on any atom is 0.0733 e. The van der Waals surface area contributed by atoms with Crippen LogP contribution in [0, 0.1) is 0 Å². The van der Waals surface area contributed by atoms with Gasteiger partial charge in [-0.05, 0) is 37.3 Å². The highest BCUT2D eigenvalue weighted by atomic mass is 16.5. The van der Waals surface area contributed by atoms with Gasteiger partial charge in [-0.3, -0.25) is 0 Å². The number of hydrogen-bond donors (Lipinski definition) is 2. The van der Waals surface area contributed by atoms with Gasteiger partial charge < -0.3 is 15.2 Å². The van der Waals surface area contributed by atoms with E-state index in [1.807, 2.05) is 12.1 Å². The summed E-state index contributed by atoms with van der Waals surface area (Å²) >= 11 is 0. The van der Waals surface area contributed by atoms with Crippen molar-refractivity contribution in [1.29, 1.82) is 0 Å². The van der Waals surface area contributed by atoms with Crippen LogP contribution >= 0.6 is 0 Å². The van der Waals surface area contributed by atoms with Crippen molar-refractivity contribution >= 4 is 0 Å². The molecule has 2 N–H and O–H groups in total. The average molecular weight is 247 g/mol. The van der Waals surface area contributed by atoms with E-state index in [-0.39, 0.29) is 6.61 Å². The Labute approximate surface area is 108 Å². The summed E-state index contributed by atoms with van der Waals surface area (Å²) in [5.41, 5.74) is 2.22. The minimum absolute atomic E-state index is 0.109. The molecule has 1 aromatic carbocycles. The van der Waals surface area contributed by atoms with Crippen LogP contribution in [0.5, 0.6) is 0 Å². The number of aliphatic hydroxyl groups excluding tert-OH is 1. The summed E-state index contributed by atoms with van der Waals surface area (Å²) in [4.78, 5) is 0. The number of aliphatic hydroxyl groups is 1. The van der Waals surface area contributed by atoms with E-state index in [2.05, 4.69) is 24.4 Å². The molecule has 18 heavy (non-hydrogen) atoms. The van der Waals surface area contributed by atoms with Gasteiger partial charge in [-0.1, -0.05) is 24.3 Å². The molecule has 0 aliphatic carbocycles. The number of benzene rings is 1. The molecule has 3 rings (SSSR count). The molecule has 3 nitrogen and oxygen atoms in total. The minimum atomic E-state index is 0.109. The monoisotopic (exact) mass is 247 g/mol. The predicted octanol–water partition coefficient (Wildman–Crippen LogP) is 2.15. The summed E-state index contributed by atoms with van der Waals surface area (Å²) in [5.74, 6) is 0. The standard InChI is InChI=1S/C15H21NO2/c1-10(12-4-2-3-11(7-12)9-17)16-14-8-13-5-6-15(14)18-13/h2-4,7,10,13-17H,5-6,8-9H2,1H3. The first-order valence-electron chi connectivity index (χ1n) is 6.87. The van der Waals surface area contributed by atoms with Crippen molar-refractivity contribution in [2.24, 2.45) is 0 Å². The Hall–Kier alpha value is -0.900. The van der Waals surface area contributed by atoms with E-state index in [1.54, 1.807) is 0 Å². The Morgan fingerprint density at radius 1 is 1.44 bits per heavy atom. The molecule has 2 fully saturated rings. The summed E-state index contributed by atoms with van der Waals surface area (Å²) in [7, 11) is 0. The van der Waals surface area contributed by atoms with E-state index in [9.17, 15) is 5.11 Å². The van der Waals surface area contributed by atoms with Crippen LogP contribution in [0.2, 0.25) is 0 Å². The highest BCUT2D eigenvalue weighted by Gasteiger charge is 2.40. The zero-order chi connectivity index (χ0) is 12.5. The van der Waals surface area contributed by atoms with Crippen LogP contribution in [-0.4, -0.2) is 23.4 Å². The van der Waals surface area contributed by atoms with Crippen LogP contribution in [0.1, 0.15) is 43.4 Å². The number of fused-ring (bicyclic) bond motifs is 2. The van der Waals surface area contributed by atoms with E-state index in [1.165, 1.54) is 18.4 Å². The van der Waals surface area contributed by atoms with E-state index < -0.39 is 0 Å². The number of rotatable bonds is 4. The van der Waals surface area contributed by atoms with Crippen LogP contribution in [0.15, 0.2) is 24.3 Å². The highest BCUT2D eigenvalue weighted by molar-refractivity contribution is 5.25. The normalized spacial score (nSPS) is 31.8. The molecule has 4 atom stereocenters. The minimum Gasteiger partial charge on any atom is -0.392 e. The van der Waals surface area contributed by atoms with E-state index >= 15 is 0 Å². The van der Waals surface area contributed by atoms with Gasteiger partial charge in [0.2, 0.25) is 0 Å². The zero-order valence-electron chi connectivity index (χ0n) is 10.8. The molecular weight excluding hydrogens is 226 g/mol. The van der Waals surface area contributed by atoms with Crippen molar-refractivity contribution in [2.45, 2.75) is 57.1 Å². The Kier molecular flexibility index (Phi) is 3.37. The Balaban J connectivity index is 1.65. The van der Waals surface area contributed by atoms with Gasteiger partial charge in [-0.15, -0.1) is 0 Å². The molecule has 0 spiro atoms. The third-order valence-corrected chi connectivity index (χ3v) is 4.20. The fraction of sp³-hybridized carbons (Fsp3) is 0.600. The van der Waals surface area contributed by atoms with Crippen LogP contribution in [-0.2, 0) is 11.3 Å². The Bertz CT molecular complexity index is 421. The topological polar surface area (TPSA) is 41.5 Å². The first-order valence-corrected chi connectivity index (χ1v) is 6.87. The van der Waals surface area contributed by atoms with Crippen LogP contribution < -0.4 is 5.32 Å². The quantitative estimate of drug-likeness (QED) is 0.856. The lowest BCUT2D eigenvalue weighted by Gasteiger charge is -2.25. The lowest BCUT2D eigenvalue weighted by molar-refractivity contribution is 0.0962. The van der Waals surface area contributed by atoms with E-state index in [4.69, 9.17) is 4.74 Å². The average Bonchev–Trinajstić information content (AvgIpc) is 3.01. The molecule has 0 amide bonds. The smallest absolute Gasteiger partial charge is 0.0733 e. The van der Waals surface area contributed by atoms with Crippen molar-refractivity contribution in [3.63, 3.8) is 0 Å². The molecule has 2 bridgehead atoms. The van der Waals surface area contributed by atoms with Gasteiger partial charge in [0, 0.05) is 12.1 Å². The highest BCUT2D eigenvalue weighted by Crippen LogP contribution is 2.35. The molecule has 2 aliphatic rings. The SMILES string of the molecule is CC(NC1CC2CCC1O2)c1cccc(CO)c1. The van der Waals surface area contributed by atoms with E-state index in [0.717, 1.165) is 12.0 Å². The van der Waals surface area contributed by atoms with E-state index in [0.29, 0.717) is 24.3 Å². The second kappa shape index (κ2) is 5.00. The van der Waals surface area contributed by atoms with Gasteiger partial charge >= 0.3 is 0 Å². The summed E-state index contributed by atoms with van der Waals surface area (Å²) in [6.45, 7) is 2.29. The summed E-state index contributed by atoms with van der Waals surface area (Å²) in [5, 5.41) is 12.8. The molecule has 98 valence electrons. The van der Waals surface area contributed by atoms with Crippen LogP contribution in [0.25, 0.3) is 0 Å². The molecule has 0 radical (unpaired) electrons. The van der Waals surface area contributed by atoms with Crippen molar-refractivity contribution < 1.29 is 9.84 Å². The fourth-order valence-corrected chi connectivity index (χ4v) is 3.19. The molecule has 1 aromatic rings. The van der Waals surface area contributed by atoms with Crippen molar-refractivity contribution in [2.75, 3.05) is 0 Å². The van der Waals surface area contributed by atoms with Gasteiger partial charge in [0.05, 0.1) is 18.8 Å². The zero-order valence-corrected chi connectivity index (χ0v) is 10.8. The Morgan fingerprint density at radius 3 is 3.00 bits per heavy atom. The maximum atomic E-state index is 9.17. The van der Waals surface area contributed by atoms with Gasteiger partial charge in [0.25, 0.3) is 0 Å². The third-order valence-electron chi connectivity index (χ3n) is 4.20. The second-order valence-electron chi connectivity index (χ2n) is 5.51. The number of hydrogen-bond acceptors (Lipinski definition) is 3. The molecule has 2 aliphatic heterocycles. The summed E-state index contributed by atoms with van der Waals surface area (Å²) in [6, 6.07) is 8.96. The first-order chi connectivity index (χ1) is 8.76. The van der Waals surface area contributed by atoms with Crippen molar-refractivity contribution in [3.8, 4) is 0 Å². The molecule has 0 saturated carbocycles. The molecule has 3 heteroatoms. The van der Waals surface area contributed by atoms with Crippen LogP contribution in [0.4, 0.5) is 0 Å². The van der Waals surface area contributed by atoms with Crippen molar-refractivity contribution in [1.82, 2.24) is 5.32 Å². The lowest BCUT2D eigenvalue weighted by atomic mass is 9.94. The van der Waals surface area contributed by atoms with Gasteiger partial charge in [0.15, 0.2) is 0 Å². The fourth-order valence-electron chi connectivity index (χ4n) is 3.19. The number of nitrogens with one attached hydrogen (secondary N) is 1. The Morgan fingerprint density at radius 2 is 2.33 bits per heavy atom. The van der Waals surface area contributed by atoms with Gasteiger partial charge in [-0.25, -0.2) is 0 Å².